The number of hydrogen-bond donors (Lipinski definition) is 3. The van der Waals surface area contributed by atoms with Gasteiger partial charge in [-0.1, -0.05) is 49.7 Å². The molecule has 79 heavy (non-hydrogen) atoms. The SMILES string of the molecule is C.C.COC(=O)c1ccnc(COS(C)(=O)=O)c1.COC(=O)c1ccnc(Cn2ncc3cc(Cl)cnc32)c1.Cc1cc(N)nc(C)c1CNC(=O)c1ccnc(Cn2ncc3cc(Cl)cnc32)c1.Clc1cnc2[nH]ncc2c1. The highest BCUT2D eigenvalue weighted by Crippen LogP contribution is 2.20. The highest BCUT2D eigenvalue weighted by molar-refractivity contribution is 7.85. The summed E-state index contributed by atoms with van der Waals surface area (Å²) >= 11 is 17.5. The Balaban J connectivity index is 0.000000205. The van der Waals surface area contributed by atoms with E-state index in [-0.39, 0.29) is 27.4 Å². The molecule has 0 spiro atoms. The summed E-state index contributed by atoms with van der Waals surface area (Å²) in [6.45, 7) is 4.79. The number of carbonyl (C=O) groups is 3. The molecular weight excluding hydrogens is 1100 g/mol. The van der Waals surface area contributed by atoms with E-state index >= 15 is 0 Å². The second-order valence-corrected chi connectivity index (χ2v) is 19.3. The molecule has 0 atom stereocenters. The van der Waals surface area contributed by atoms with Crippen molar-refractivity contribution in [3.05, 3.63) is 182 Å². The maximum atomic E-state index is 12.7. The molecular formula is C52H54Cl3N15O8S. The molecule has 27 heteroatoms. The number of H-pyrrole nitrogens is 1. The number of methoxy groups -OCH3 is 2. The predicted octanol–water partition coefficient (Wildman–Crippen LogP) is 8.59. The molecule has 0 bridgehead atoms. The van der Waals surface area contributed by atoms with E-state index in [9.17, 15) is 22.8 Å². The number of aryl methyl sites for hydroxylation is 2. The number of esters is 2. The Morgan fingerprint density at radius 1 is 0.646 bits per heavy atom. The van der Waals surface area contributed by atoms with Gasteiger partial charge >= 0.3 is 11.9 Å². The summed E-state index contributed by atoms with van der Waals surface area (Å²) < 4.78 is 38.6. The van der Waals surface area contributed by atoms with Crippen molar-refractivity contribution in [2.75, 3.05) is 26.2 Å². The number of halogens is 3. The van der Waals surface area contributed by atoms with Gasteiger partial charge in [-0.05, 0) is 85.6 Å². The van der Waals surface area contributed by atoms with Gasteiger partial charge < -0.3 is 20.5 Å². The summed E-state index contributed by atoms with van der Waals surface area (Å²) in [7, 11) is -0.913. The van der Waals surface area contributed by atoms with Gasteiger partial charge in [-0.15, -0.1) is 0 Å². The maximum absolute atomic E-state index is 12.7. The van der Waals surface area contributed by atoms with Gasteiger partial charge in [-0.25, -0.2) is 38.9 Å². The molecule has 10 aromatic rings. The van der Waals surface area contributed by atoms with E-state index in [4.69, 9.17) is 45.3 Å². The molecule has 0 aliphatic rings. The molecule has 10 aromatic heterocycles. The number of aromatic amines is 1. The zero-order valence-corrected chi connectivity index (χ0v) is 44.6. The fourth-order valence-corrected chi connectivity index (χ4v) is 7.98. The first-order chi connectivity index (χ1) is 36.9. The predicted molar refractivity (Wildman–Crippen MR) is 300 cm³/mol. The molecule has 0 unspecified atom stereocenters. The van der Waals surface area contributed by atoms with Crippen molar-refractivity contribution in [3.63, 3.8) is 0 Å². The number of carbonyl (C=O) groups excluding carboxylic acids is 3. The average molecular weight is 1160 g/mol. The number of fused-ring (bicyclic) bond motifs is 3. The van der Waals surface area contributed by atoms with Gasteiger partial charge in [-0.3, -0.25) is 29.0 Å². The van der Waals surface area contributed by atoms with E-state index in [0.29, 0.717) is 85.6 Å². The largest absolute Gasteiger partial charge is 0.465 e. The fraction of sp³-hybridized carbons (Fsp3) is 0.212. The zero-order chi connectivity index (χ0) is 55.2. The highest BCUT2D eigenvalue weighted by atomic mass is 35.5. The third kappa shape index (κ3) is 17.2. The van der Waals surface area contributed by atoms with Crippen LogP contribution in [-0.4, -0.2) is 111 Å². The molecule has 0 radical (unpaired) electrons. The number of nitrogens with zero attached hydrogens (tertiary/aromatic N) is 12. The van der Waals surface area contributed by atoms with Gasteiger partial charge in [0.05, 0.1) is 95.4 Å². The van der Waals surface area contributed by atoms with E-state index in [1.165, 1.54) is 32.5 Å². The first-order valence-electron chi connectivity index (χ1n) is 22.6. The molecule has 0 aliphatic heterocycles. The summed E-state index contributed by atoms with van der Waals surface area (Å²) in [5.41, 5.74) is 13.7. The van der Waals surface area contributed by atoms with Crippen molar-refractivity contribution in [2.24, 2.45) is 0 Å². The van der Waals surface area contributed by atoms with Crippen LogP contribution in [-0.2, 0) is 50.0 Å². The summed E-state index contributed by atoms with van der Waals surface area (Å²) in [5.74, 6) is -0.622. The van der Waals surface area contributed by atoms with E-state index in [1.807, 2.05) is 19.9 Å². The van der Waals surface area contributed by atoms with Crippen molar-refractivity contribution < 1.29 is 36.5 Å². The second-order valence-electron chi connectivity index (χ2n) is 16.4. The molecule has 0 saturated carbocycles. The Kier molecular flexibility index (Phi) is 21.9. The van der Waals surface area contributed by atoms with Gasteiger partial charge in [0, 0.05) is 71.1 Å². The number of amides is 1. The number of pyridine rings is 7. The minimum absolute atomic E-state index is 0. The lowest BCUT2D eigenvalue weighted by Crippen LogP contribution is -2.24. The van der Waals surface area contributed by atoms with Crippen LogP contribution in [0, 0.1) is 13.8 Å². The first kappa shape index (κ1) is 61.3. The van der Waals surface area contributed by atoms with Crippen molar-refractivity contribution in [1.82, 2.24) is 70.0 Å². The lowest BCUT2D eigenvalue weighted by Gasteiger charge is -2.12. The van der Waals surface area contributed by atoms with Crippen LogP contribution in [0.2, 0.25) is 15.1 Å². The molecule has 10 rings (SSSR count). The standard InChI is InChI=1S/C21H20ClN7O.C14H11ClN4O2.C9H11NO5S.C6H4ClN3.2CH4/c1-12-5-19(23)28-13(2)18(12)10-26-21(30)14-3-4-24-17(7-14)11-29-20-15(8-27-29)6-16(22)9-25-20;1-21-14(20)9-2-3-16-12(5-9)8-19-13-10(6-18-19)4-11(15)7-17-13;1-14-9(11)7-3-4-10-8(5-7)6-15-16(2,12)13;7-5-1-4-2-9-10-6(4)8-3-5;;/h3-9H,10-11H2,1-2H3,(H2,23,28)(H,26,30);2-7H,8H2,1H3;3-5H,6H2,1-2H3;1-3H,(H,8,9,10);2*1H4. The summed E-state index contributed by atoms with van der Waals surface area (Å²) in [6, 6.07) is 16.8. The number of nitrogens with one attached hydrogen (secondary N) is 2. The Bertz CT molecular complexity index is 3830. The van der Waals surface area contributed by atoms with Gasteiger partial charge in [0.15, 0.2) is 16.9 Å². The molecule has 10 heterocycles. The smallest absolute Gasteiger partial charge is 0.337 e. The van der Waals surface area contributed by atoms with Crippen molar-refractivity contribution in [2.45, 2.75) is 54.9 Å². The first-order valence-corrected chi connectivity index (χ1v) is 25.6. The Morgan fingerprint density at radius 3 is 1.65 bits per heavy atom. The molecule has 0 saturated heterocycles. The number of ether oxygens (including phenoxy) is 2. The monoisotopic (exact) mass is 1150 g/mol. The number of aromatic nitrogens is 13. The lowest BCUT2D eigenvalue weighted by atomic mass is 10.1. The third-order valence-electron chi connectivity index (χ3n) is 10.7. The van der Waals surface area contributed by atoms with Gasteiger partial charge in [0.2, 0.25) is 0 Å². The molecule has 0 fully saturated rings. The third-order valence-corrected chi connectivity index (χ3v) is 11.9. The molecule has 23 nitrogen and oxygen atoms in total. The van der Waals surface area contributed by atoms with E-state index in [1.54, 1.807) is 101 Å². The highest BCUT2D eigenvalue weighted by Gasteiger charge is 2.14. The normalized spacial score (nSPS) is 10.6. The van der Waals surface area contributed by atoms with Crippen LogP contribution >= 0.6 is 34.8 Å². The summed E-state index contributed by atoms with van der Waals surface area (Å²) in [6.07, 6.45) is 15.3. The van der Waals surface area contributed by atoms with Crippen LogP contribution in [0.25, 0.3) is 33.1 Å². The lowest BCUT2D eigenvalue weighted by molar-refractivity contribution is 0.0591. The minimum atomic E-state index is -3.52. The van der Waals surface area contributed by atoms with Crippen LogP contribution in [0.4, 0.5) is 5.82 Å². The minimum Gasteiger partial charge on any atom is -0.465 e. The number of nitrogen functional groups attached to an aromatic ring is 1. The zero-order valence-electron chi connectivity index (χ0n) is 41.6. The van der Waals surface area contributed by atoms with Gasteiger partial charge in [0.1, 0.15) is 12.4 Å². The molecule has 4 N–H and O–H groups in total. The van der Waals surface area contributed by atoms with Crippen molar-refractivity contribution in [3.8, 4) is 0 Å². The Morgan fingerprint density at radius 2 is 1.13 bits per heavy atom. The Labute approximate surface area is 469 Å². The topological polar surface area (TPSA) is 306 Å². The second kappa shape index (κ2) is 28.2. The summed E-state index contributed by atoms with van der Waals surface area (Å²) in [5, 5.41) is 22.5. The summed E-state index contributed by atoms with van der Waals surface area (Å²) in [4.78, 5) is 64.6. The average Bonchev–Trinajstić information content (AvgIpc) is 4.17. The van der Waals surface area contributed by atoms with Crippen LogP contribution in [0.15, 0.2) is 116 Å². The molecule has 412 valence electrons. The van der Waals surface area contributed by atoms with Crippen LogP contribution in [0.5, 0.6) is 0 Å². The van der Waals surface area contributed by atoms with Gasteiger partial charge in [-0.2, -0.15) is 23.7 Å². The van der Waals surface area contributed by atoms with Crippen LogP contribution in [0.3, 0.4) is 0 Å². The van der Waals surface area contributed by atoms with Crippen LogP contribution in [0.1, 0.15) is 79.8 Å². The van der Waals surface area contributed by atoms with E-state index < -0.39 is 22.1 Å². The quantitative estimate of drug-likeness (QED) is 0.0761. The maximum Gasteiger partial charge on any atom is 0.337 e. The molecule has 0 aromatic carbocycles. The van der Waals surface area contributed by atoms with E-state index in [0.717, 1.165) is 44.9 Å². The Hall–Kier alpha value is -8.55. The van der Waals surface area contributed by atoms with Crippen molar-refractivity contribution >= 4 is 102 Å². The number of rotatable bonds is 12. The van der Waals surface area contributed by atoms with Gasteiger partial charge in [0.25, 0.3) is 16.0 Å². The number of nitrogens with two attached hydrogens (primary N) is 1. The van der Waals surface area contributed by atoms with Crippen LogP contribution < -0.4 is 11.1 Å². The molecule has 0 aliphatic carbocycles. The fourth-order valence-electron chi connectivity index (χ4n) is 7.15. The molecule has 1 amide bonds. The van der Waals surface area contributed by atoms with E-state index in [2.05, 4.69) is 69.5 Å². The van der Waals surface area contributed by atoms with Crippen molar-refractivity contribution in [1.29, 1.82) is 0 Å². The number of hydrogen-bond acceptors (Lipinski definition) is 19. The number of anilines is 1.